The molecule has 2 N–H and O–H groups in total. The molecule has 5 nitrogen and oxygen atoms in total. The smallest absolute Gasteiger partial charge is 0.387 e. The molecule has 0 atom stereocenters. The van der Waals surface area contributed by atoms with Gasteiger partial charge in [0.2, 0.25) is 5.95 Å². The van der Waals surface area contributed by atoms with Crippen molar-refractivity contribution in [3.8, 4) is 5.75 Å². The number of nitrogens with zero attached hydrogens (tertiary/aromatic N) is 2. The van der Waals surface area contributed by atoms with Crippen LogP contribution in [-0.2, 0) is 0 Å². The average molecular weight is 316 g/mol. The van der Waals surface area contributed by atoms with Gasteiger partial charge in [-0.1, -0.05) is 12.1 Å². The van der Waals surface area contributed by atoms with Gasteiger partial charge in [0.05, 0.1) is 16.7 Å². The van der Waals surface area contributed by atoms with Crippen LogP contribution in [0.4, 0.5) is 14.7 Å². The number of fused-ring (bicyclic) bond motifs is 1. The van der Waals surface area contributed by atoms with E-state index in [1.54, 1.807) is 19.1 Å². The Hall–Kier alpha value is -2.96. The Labute approximate surface area is 131 Å². The maximum atomic E-state index is 12.1. The van der Waals surface area contributed by atoms with Gasteiger partial charge in [-0.05, 0) is 48.9 Å². The largest absolute Gasteiger partial charge is 0.435 e. The average Bonchev–Trinajstić information content (AvgIpc) is 2.95. The number of H-pyrrole nitrogens is 1. The first-order valence-corrected chi connectivity index (χ1v) is 6.92. The van der Waals surface area contributed by atoms with E-state index in [1.165, 1.54) is 12.1 Å². The van der Waals surface area contributed by atoms with Gasteiger partial charge in [-0.15, -0.1) is 0 Å². The summed E-state index contributed by atoms with van der Waals surface area (Å²) >= 11 is 0. The molecule has 0 saturated carbocycles. The highest BCUT2D eigenvalue weighted by Gasteiger charge is 2.05. The van der Waals surface area contributed by atoms with E-state index in [2.05, 4.69) is 25.2 Å². The van der Waals surface area contributed by atoms with Crippen molar-refractivity contribution in [2.75, 3.05) is 5.43 Å². The summed E-state index contributed by atoms with van der Waals surface area (Å²) in [6.07, 6.45) is 0. The van der Waals surface area contributed by atoms with Gasteiger partial charge in [0, 0.05) is 0 Å². The van der Waals surface area contributed by atoms with Crippen LogP contribution < -0.4 is 10.2 Å². The van der Waals surface area contributed by atoms with Crippen LogP contribution in [-0.4, -0.2) is 22.3 Å². The minimum Gasteiger partial charge on any atom is -0.435 e. The van der Waals surface area contributed by atoms with Gasteiger partial charge in [-0.25, -0.2) is 10.4 Å². The van der Waals surface area contributed by atoms with Crippen LogP contribution in [0.3, 0.4) is 0 Å². The van der Waals surface area contributed by atoms with Crippen molar-refractivity contribution in [1.82, 2.24) is 9.97 Å². The zero-order valence-corrected chi connectivity index (χ0v) is 12.3. The van der Waals surface area contributed by atoms with Crippen LogP contribution in [0.2, 0.25) is 0 Å². The number of nitrogens with one attached hydrogen (secondary N) is 2. The summed E-state index contributed by atoms with van der Waals surface area (Å²) in [5, 5.41) is 4.23. The summed E-state index contributed by atoms with van der Waals surface area (Å²) in [7, 11) is 0. The van der Waals surface area contributed by atoms with Crippen LogP contribution >= 0.6 is 0 Å². The molecule has 7 heteroatoms. The first-order chi connectivity index (χ1) is 11.1. The fourth-order valence-corrected chi connectivity index (χ4v) is 2.08. The Balaban J connectivity index is 1.71. The molecule has 1 heterocycles. The summed E-state index contributed by atoms with van der Waals surface area (Å²) < 4.78 is 28.5. The number of aromatic amines is 1. The topological polar surface area (TPSA) is 62.3 Å². The van der Waals surface area contributed by atoms with Gasteiger partial charge in [-0.3, -0.25) is 0 Å². The predicted molar refractivity (Wildman–Crippen MR) is 85.0 cm³/mol. The maximum Gasteiger partial charge on any atom is 0.387 e. The lowest BCUT2D eigenvalue weighted by atomic mass is 10.1. The van der Waals surface area contributed by atoms with Crippen molar-refractivity contribution < 1.29 is 13.5 Å². The molecule has 0 aliphatic carbocycles. The Kier molecular flexibility index (Phi) is 4.18. The van der Waals surface area contributed by atoms with Crippen LogP contribution in [0, 0.1) is 0 Å². The van der Waals surface area contributed by atoms with Gasteiger partial charge < -0.3 is 9.72 Å². The number of benzene rings is 2. The monoisotopic (exact) mass is 316 g/mol. The van der Waals surface area contributed by atoms with Crippen molar-refractivity contribution in [3.63, 3.8) is 0 Å². The van der Waals surface area contributed by atoms with Crippen LogP contribution in [0.1, 0.15) is 12.5 Å². The number of imidazole rings is 1. The van der Waals surface area contributed by atoms with Gasteiger partial charge in [0.15, 0.2) is 0 Å². The molecule has 0 bridgehead atoms. The molecule has 0 spiro atoms. The molecule has 0 fully saturated rings. The molecular weight excluding hydrogens is 302 g/mol. The van der Waals surface area contributed by atoms with E-state index in [1.807, 2.05) is 24.3 Å². The Morgan fingerprint density at radius 3 is 2.61 bits per heavy atom. The third kappa shape index (κ3) is 3.63. The molecule has 0 unspecified atom stereocenters. The Morgan fingerprint density at radius 1 is 1.17 bits per heavy atom. The molecule has 0 aliphatic heterocycles. The van der Waals surface area contributed by atoms with Crippen molar-refractivity contribution in [3.05, 3.63) is 54.1 Å². The highest BCUT2D eigenvalue weighted by molar-refractivity contribution is 5.99. The fourth-order valence-electron chi connectivity index (χ4n) is 2.08. The van der Waals surface area contributed by atoms with Crippen molar-refractivity contribution in [2.45, 2.75) is 13.5 Å². The molecular formula is C16H14F2N4O. The van der Waals surface area contributed by atoms with E-state index in [-0.39, 0.29) is 5.75 Å². The van der Waals surface area contributed by atoms with Gasteiger partial charge in [-0.2, -0.15) is 13.9 Å². The first-order valence-electron chi connectivity index (χ1n) is 6.92. The van der Waals surface area contributed by atoms with Crippen LogP contribution in [0.15, 0.2) is 53.6 Å². The summed E-state index contributed by atoms with van der Waals surface area (Å²) in [5.41, 5.74) is 6.08. The fraction of sp³-hybridized carbons (Fsp3) is 0.125. The molecule has 3 rings (SSSR count). The van der Waals surface area contributed by atoms with E-state index < -0.39 is 6.61 Å². The van der Waals surface area contributed by atoms with Crippen molar-refractivity contribution in [2.24, 2.45) is 5.10 Å². The quantitative estimate of drug-likeness (QED) is 0.552. The van der Waals surface area contributed by atoms with E-state index in [0.29, 0.717) is 11.7 Å². The number of ether oxygens (including phenoxy) is 1. The highest BCUT2D eigenvalue weighted by Crippen LogP contribution is 2.16. The molecule has 118 valence electrons. The van der Waals surface area contributed by atoms with E-state index in [0.717, 1.165) is 16.6 Å². The minimum atomic E-state index is -2.83. The molecule has 0 radical (unpaired) electrons. The SMILES string of the molecule is C/C(=N\Nc1nc2ccccc2[nH]1)c1ccc(OC(F)F)cc1. The van der Waals surface area contributed by atoms with Crippen molar-refractivity contribution in [1.29, 1.82) is 0 Å². The second-order valence-electron chi connectivity index (χ2n) is 4.81. The summed E-state index contributed by atoms with van der Waals surface area (Å²) in [5.74, 6) is 0.644. The standard InChI is InChI=1S/C16H14F2N4O/c1-10(11-6-8-12(9-7-11)23-15(17)18)21-22-16-19-13-4-2-3-5-14(13)20-16/h2-9,15H,1H3,(H2,19,20,22)/b21-10+. The first kappa shape index (κ1) is 15.0. The van der Waals surface area contributed by atoms with Gasteiger partial charge >= 0.3 is 6.61 Å². The number of hydrazone groups is 1. The molecule has 2 aromatic carbocycles. The molecule has 0 aliphatic rings. The third-order valence-electron chi connectivity index (χ3n) is 3.22. The second-order valence-corrected chi connectivity index (χ2v) is 4.81. The number of hydrogen-bond acceptors (Lipinski definition) is 4. The van der Waals surface area contributed by atoms with E-state index in [4.69, 9.17) is 0 Å². The second kappa shape index (κ2) is 6.43. The molecule has 0 saturated heterocycles. The zero-order chi connectivity index (χ0) is 16.2. The number of hydrogen-bond donors (Lipinski definition) is 2. The van der Waals surface area contributed by atoms with Crippen LogP contribution in [0.5, 0.6) is 5.75 Å². The Bertz CT molecular complexity index is 794. The normalized spacial score (nSPS) is 11.9. The van der Waals surface area contributed by atoms with E-state index >= 15 is 0 Å². The lowest BCUT2D eigenvalue weighted by molar-refractivity contribution is -0.0498. The number of para-hydroxylation sites is 2. The number of rotatable bonds is 5. The number of aromatic nitrogens is 2. The Morgan fingerprint density at radius 2 is 1.91 bits per heavy atom. The lowest BCUT2D eigenvalue weighted by Gasteiger charge is -2.05. The predicted octanol–water partition coefficient (Wildman–Crippen LogP) is 4.00. The highest BCUT2D eigenvalue weighted by atomic mass is 19.3. The van der Waals surface area contributed by atoms with Gasteiger partial charge in [0.25, 0.3) is 0 Å². The lowest BCUT2D eigenvalue weighted by Crippen LogP contribution is -2.03. The third-order valence-corrected chi connectivity index (χ3v) is 3.22. The summed E-state index contributed by atoms with van der Waals surface area (Å²) in [6.45, 7) is -1.02. The maximum absolute atomic E-state index is 12.1. The number of anilines is 1. The molecule has 1 aromatic heterocycles. The van der Waals surface area contributed by atoms with E-state index in [9.17, 15) is 8.78 Å². The molecule has 3 aromatic rings. The zero-order valence-electron chi connectivity index (χ0n) is 12.3. The molecule has 0 amide bonds. The number of alkyl halides is 2. The molecule has 23 heavy (non-hydrogen) atoms. The minimum absolute atomic E-state index is 0.113. The van der Waals surface area contributed by atoms with Gasteiger partial charge in [0.1, 0.15) is 5.75 Å². The summed E-state index contributed by atoms with van der Waals surface area (Å²) in [4.78, 5) is 7.45. The van der Waals surface area contributed by atoms with Crippen molar-refractivity contribution >= 4 is 22.7 Å². The number of halogens is 2. The van der Waals surface area contributed by atoms with Crippen LogP contribution in [0.25, 0.3) is 11.0 Å². The summed E-state index contributed by atoms with van der Waals surface area (Å²) in [6, 6.07) is 13.9.